The number of nitrogens with zero attached hydrogens (tertiary/aromatic N) is 1. The van der Waals surface area contributed by atoms with E-state index in [1.54, 1.807) is 12.1 Å². The third kappa shape index (κ3) is 2.33. The lowest BCUT2D eigenvalue weighted by Gasteiger charge is -1.98. The molecule has 3 nitrogen and oxygen atoms in total. The Morgan fingerprint density at radius 2 is 2.00 bits per heavy atom. The highest BCUT2D eigenvalue weighted by atomic mass is 19.1. The number of halogens is 1. The summed E-state index contributed by atoms with van der Waals surface area (Å²) in [7, 11) is 0. The molecule has 1 aromatic rings. The van der Waals surface area contributed by atoms with Crippen molar-refractivity contribution in [3.63, 3.8) is 0 Å². The van der Waals surface area contributed by atoms with Gasteiger partial charge in [0.1, 0.15) is 12.5 Å². The third-order valence-corrected chi connectivity index (χ3v) is 1.19. The van der Waals surface area contributed by atoms with Gasteiger partial charge in [0, 0.05) is 5.69 Å². The summed E-state index contributed by atoms with van der Waals surface area (Å²) in [5, 5.41) is 5.27. The lowest BCUT2D eigenvalue weighted by molar-refractivity contribution is 0.628. The van der Waals surface area contributed by atoms with Crippen molar-refractivity contribution in [1.29, 1.82) is 0 Å². The predicted octanol–water partition coefficient (Wildman–Crippen LogP) is 1.96. The van der Waals surface area contributed by atoms with Crippen molar-refractivity contribution in [3.05, 3.63) is 35.0 Å². The average molecular weight is 154 g/mol. The highest BCUT2D eigenvalue weighted by Crippen LogP contribution is 2.07. The summed E-state index contributed by atoms with van der Waals surface area (Å²) in [4.78, 5) is 9.66. The maximum Gasteiger partial charge on any atom is 0.150 e. The zero-order valence-electron chi connectivity index (χ0n) is 5.75. The lowest BCUT2D eigenvalue weighted by Crippen LogP contribution is -1.96. The Kier molecular flexibility index (Phi) is 2.54. The maximum absolute atomic E-state index is 12.3. The average Bonchev–Trinajstić information content (AvgIpc) is 2.04. The van der Waals surface area contributed by atoms with E-state index in [0.717, 1.165) is 0 Å². The third-order valence-electron chi connectivity index (χ3n) is 1.19. The monoisotopic (exact) mass is 154 g/mol. The van der Waals surface area contributed by atoms with E-state index in [9.17, 15) is 9.30 Å². The van der Waals surface area contributed by atoms with E-state index in [4.69, 9.17) is 0 Å². The second-order valence-corrected chi connectivity index (χ2v) is 1.97. The van der Waals surface area contributed by atoms with Gasteiger partial charge in [-0.15, -0.1) is 4.91 Å². The zero-order chi connectivity index (χ0) is 8.10. The van der Waals surface area contributed by atoms with Crippen LogP contribution in [0.3, 0.4) is 0 Å². The maximum atomic E-state index is 12.3. The Labute approximate surface area is 63.2 Å². The molecule has 0 saturated heterocycles. The van der Waals surface area contributed by atoms with Gasteiger partial charge in [-0.1, -0.05) is 0 Å². The van der Waals surface area contributed by atoms with Crippen molar-refractivity contribution >= 4 is 5.69 Å². The van der Waals surface area contributed by atoms with Crippen LogP contribution in [0, 0.1) is 10.7 Å². The number of nitrogens with one attached hydrogen (secondary N) is 1. The molecule has 0 amide bonds. The number of hydrogen-bond donors (Lipinski definition) is 1. The molecule has 0 unspecified atom stereocenters. The lowest BCUT2D eigenvalue weighted by atomic mass is 10.3. The van der Waals surface area contributed by atoms with Gasteiger partial charge in [0.15, 0.2) is 0 Å². The quantitative estimate of drug-likeness (QED) is 0.676. The molecule has 0 radical (unpaired) electrons. The first-order valence-electron chi connectivity index (χ1n) is 3.11. The number of anilines is 1. The molecule has 0 atom stereocenters. The van der Waals surface area contributed by atoms with Crippen LogP contribution in [-0.2, 0) is 0 Å². The normalized spacial score (nSPS) is 9.18. The Balaban J connectivity index is 2.58. The smallest absolute Gasteiger partial charge is 0.150 e. The second-order valence-electron chi connectivity index (χ2n) is 1.97. The highest BCUT2D eigenvalue weighted by Gasteiger charge is 1.90. The van der Waals surface area contributed by atoms with Crippen LogP contribution in [0.4, 0.5) is 10.1 Å². The van der Waals surface area contributed by atoms with Crippen LogP contribution in [0.5, 0.6) is 0 Å². The number of nitroso groups, excluding NO2 is 1. The second kappa shape index (κ2) is 3.65. The molecule has 1 aromatic carbocycles. The van der Waals surface area contributed by atoms with Gasteiger partial charge in [-0.2, -0.15) is 0 Å². The summed E-state index contributed by atoms with van der Waals surface area (Å²) >= 11 is 0. The minimum atomic E-state index is -0.297. The summed E-state index contributed by atoms with van der Waals surface area (Å²) in [6, 6.07) is 5.71. The van der Waals surface area contributed by atoms with Crippen molar-refractivity contribution in [1.82, 2.24) is 0 Å². The van der Waals surface area contributed by atoms with E-state index in [0.29, 0.717) is 5.69 Å². The van der Waals surface area contributed by atoms with E-state index < -0.39 is 0 Å². The molecular formula is C7H7FN2O. The van der Waals surface area contributed by atoms with Gasteiger partial charge >= 0.3 is 0 Å². The standard InChI is InChI=1S/C7H7FN2O/c8-6-1-3-7(4-2-6)9-5-10-11/h1-4,9H,5H2. The molecular weight excluding hydrogens is 147 g/mol. The topological polar surface area (TPSA) is 41.5 Å². The van der Waals surface area contributed by atoms with Crippen LogP contribution in [0.2, 0.25) is 0 Å². The van der Waals surface area contributed by atoms with Crippen molar-refractivity contribution in [3.8, 4) is 0 Å². The van der Waals surface area contributed by atoms with Crippen molar-refractivity contribution in [2.24, 2.45) is 5.18 Å². The molecule has 0 aromatic heterocycles. The van der Waals surface area contributed by atoms with Gasteiger partial charge < -0.3 is 5.32 Å². The molecule has 0 heterocycles. The van der Waals surface area contributed by atoms with Crippen LogP contribution in [0.15, 0.2) is 29.4 Å². The number of rotatable bonds is 3. The van der Waals surface area contributed by atoms with Crippen molar-refractivity contribution in [2.75, 3.05) is 12.0 Å². The van der Waals surface area contributed by atoms with Crippen molar-refractivity contribution < 1.29 is 4.39 Å². The molecule has 0 saturated carbocycles. The van der Waals surface area contributed by atoms with E-state index in [2.05, 4.69) is 10.5 Å². The van der Waals surface area contributed by atoms with Gasteiger partial charge in [0.05, 0.1) is 0 Å². The van der Waals surface area contributed by atoms with Gasteiger partial charge in [-0.05, 0) is 29.4 Å². The zero-order valence-corrected chi connectivity index (χ0v) is 5.75. The molecule has 0 aliphatic heterocycles. The number of benzene rings is 1. The Morgan fingerprint density at radius 3 is 2.55 bits per heavy atom. The van der Waals surface area contributed by atoms with E-state index in [1.807, 2.05) is 0 Å². The molecule has 0 fully saturated rings. The Bertz CT molecular complexity index is 235. The Morgan fingerprint density at radius 1 is 1.36 bits per heavy atom. The minimum Gasteiger partial charge on any atom is -0.363 e. The van der Waals surface area contributed by atoms with E-state index in [-0.39, 0.29) is 12.5 Å². The van der Waals surface area contributed by atoms with E-state index in [1.165, 1.54) is 12.1 Å². The first kappa shape index (κ1) is 7.65. The molecule has 11 heavy (non-hydrogen) atoms. The van der Waals surface area contributed by atoms with Crippen LogP contribution in [0.1, 0.15) is 0 Å². The SMILES string of the molecule is O=NCNc1ccc(F)cc1. The summed E-state index contributed by atoms with van der Waals surface area (Å²) in [5.74, 6) is -0.297. The molecule has 1 rings (SSSR count). The number of hydrogen-bond acceptors (Lipinski definition) is 3. The van der Waals surface area contributed by atoms with Gasteiger partial charge in [0.2, 0.25) is 0 Å². The van der Waals surface area contributed by atoms with Gasteiger partial charge in [-0.3, -0.25) is 0 Å². The molecule has 0 aliphatic carbocycles. The molecule has 0 aliphatic rings. The minimum absolute atomic E-state index is 0.00559. The molecule has 0 spiro atoms. The van der Waals surface area contributed by atoms with Crippen LogP contribution >= 0.6 is 0 Å². The molecule has 1 N–H and O–H groups in total. The highest BCUT2D eigenvalue weighted by molar-refractivity contribution is 5.42. The molecule has 4 heteroatoms. The molecule has 0 bridgehead atoms. The van der Waals surface area contributed by atoms with Crippen molar-refractivity contribution in [2.45, 2.75) is 0 Å². The van der Waals surface area contributed by atoms with Gasteiger partial charge in [0.25, 0.3) is 0 Å². The fourth-order valence-corrected chi connectivity index (χ4v) is 0.691. The van der Waals surface area contributed by atoms with Crippen LogP contribution in [0.25, 0.3) is 0 Å². The summed E-state index contributed by atoms with van der Waals surface area (Å²) in [6.07, 6.45) is 0. The molecule has 58 valence electrons. The van der Waals surface area contributed by atoms with Gasteiger partial charge in [-0.25, -0.2) is 4.39 Å². The fraction of sp³-hybridized carbons (Fsp3) is 0.143. The summed E-state index contributed by atoms with van der Waals surface area (Å²) < 4.78 is 12.3. The summed E-state index contributed by atoms with van der Waals surface area (Å²) in [6.45, 7) is 0.00559. The first-order chi connectivity index (χ1) is 5.33. The Hall–Kier alpha value is -1.45. The fourth-order valence-electron chi connectivity index (χ4n) is 0.691. The van der Waals surface area contributed by atoms with Crippen LogP contribution in [-0.4, -0.2) is 6.67 Å². The summed E-state index contributed by atoms with van der Waals surface area (Å²) in [5.41, 5.74) is 0.686. The van der Waals surface area contributed by atoms with Crippen LogP contribution < -0.4 is 5.32 Å². The first-order valence-corrected chi connectivity index (χ1v) is 3.11. The predicted molar refractivity (Wildman–Crippen MR) is 40.7 cm³/mol. The largest absolute Gasteiger partial charge is 0.363 e. The van der Waals surface area contributed by atoms with E-state index >= 15 is 0 Å².